The Morgan fingerprint density at radius 1 is 0.871 bits per heavy atom. The first-order valence-electron chi connectivity index (χ1n) is 9.61. The number of sulfonamides is 1. The highest BCUT2D eigenvalue weighted by atomic mass is 32.2. The molecule has 8 heteroatoms. The lowest BCUT2D eigenvalue weighted by molar-refractivity contribution is -0.114. The molecule has 1 N–H and O–H groups in total. The molecular weight excluding hydrogens is 416 g/mol. The van der Waals surface area contributed by atoms with E-state index < -0.39 is 28.4 Å². The van der Waals surface area contributed by atoms with Crippen molar-refractivity contribution in [1.29, 1.82) is 0 Å². The predicted octanol–water partition coefficient (Wildman–Crippen LogP) is 3.70. The molecule has 0 aliphatic heterocycles. The van der Waals surface area contributed by atoms with E-state index in [1.807, 2.05) is 0 Å². The zero-order chi connectivity index (χ0) is 22.3. The molecule has 31 heavy (non-hydrogen) atoms. The third kappa shape index (κ3) is 5.49. The van der Waals surface area contributed by atoms with Crippen LogP contribution in [-0.4, -0.2) is 33.4 Å². The Balaban J connectivity index is 1.80. The lowest BCUT2D eigenvalue weighted by atomic mass is 10.2. The van der Waals surface area contributed by atoms with E-state index in [1.165, 1.54) is 24.3 Å². The van der Waals surface area contributed by atoms with Crippen molar-refractivity contribution in [3.8, 4) is 0 Å². The van der Waals surface area contributed by atoms with Crippen molar-refractivity contribution in [2.45, 2.75) is 11.8 Å². The number of anilines is 2. The smallest absolute Gasteiger partial charge is 0.338 e. The minimum absolute atomic E-state index is 0.0884. The van der Waals surface area contributed by atoms with Crippen molar-refractivity contribution < 1.29 is 22.7 Å². The van der Waals surface area contributed by atoms with Crippen molar-refractivity contribution in [2.24, 2.45) is 0 Å². The first-order chi connectivity index (χ1) is 14.9. The Hall–Kier alpha value is -3.65. The number of carbonyl (C=O) groups is 2. The second kappa shape index (κ2) is 9.90. The summed E-state index contributed by atoms with van der Waals surface area (Å²) in [6, 6.07) is 22.5. The van der Waals surface area contributed by atoms with Gasteiger partial charge in [-0.2, -0.15) is 0 Å². The summed E-state index contributed by atoms with van der Waals surface area (Å²) in [7, 11) is -3.95. The van der Waals surface area contributed by atoms with Gasteiger partial charge >= 0.3 is 5.97 Å². The minimum atomic E-state index is -3.95. The van der Waals surface area contributed by atoms with E-state index in [4.69, 9.17) is 4.74 Å². The van der Waals surface area contributed by atoms with Gasteiger partial charge in [0.1, 0.15) is 6.54 Å². The number of esters is 1. The maximum Gasteiger partial charge on any atom is 0.338 e. The Bertz CT molecular complexity index is 1130. The number of nitrogens with zero attached hydrogens (tertiary/aromatic N) is 1. The van der Waals surface area contributed by atoms with Gasteiger partial charge in [0, 0.05) is 5.69 Å². The maximum atomic E-state index is 13.2. The molecule has 1 amide bonds. The molecule has 0 saturated heterocycles. The van der Waals surface area contributed by atoms with Gasteiger partial charge in [0.05, 0.1) is 22.8 Å². The first-order valence-corrected chi connectivity index (χ1v) is 11.1. The van der Waals surface area contributed by atoms with Crippen LogP contribution in [0.15, 0.2) is 89.8 Å². The van der Waals surface area contributed by atoms with Gasteiger partial charge < -0.3 is 10.1 Å². The van der Waals surface area contributed by atoms with Crippen LogP contribution in [0.2, 0.25) is 0 Å². The molecule has 0 aliphatic rings. The number of hydrogen-bond donors (Lipinski definition) is 1. The number of nitrogens with one attached hydrogen (secondary N) is 1. The fourth-order valence-corrected chi connectivity index (χ4v) is 4.31. The molecule has 0 saturated carbocycles. The van der Waals surface area contributed by atoms with Crippen molar-refractivity contribution in [1.82, 2.24) is 0 Å². The molecule has 0 radical (unpaired) electrons. The van der Waals surface area contributed by atoms with E-state index in [2.05, 4.69) is 5.32 Å². The van der Waals surface area contributed by atoms with E-state index >= 15 is 0 Å². The van der Waals surface area contributed by atoms with Crippen LogP contribution in [0.3, 0.4) is 0 Å². The van der Waals surface area contributed by atoms with E-state index in [-0.39, 0.29) is 11.5 Å². The minimum Gasteiger partial charge on any atom is -0.462 e. The molecule has 3 rings (SSSR count). The summed E-state index contributed by atoms with van der Waals surface area (Å²) in [5, 5.41) is 2.67. The molecule has 0 fully saturated rings. The van der Waals surface area contributed by atoms with Gasteiger partial charge in [-0.05, 0) is 55.5 Å². The van der Waals surface area contributed by atoms with Gasteiger partial charge in [-0.1, -0.05) is 36.4 Å². The van der Waals surface area contributed by atoms with Gasteiger partial charge in [0.25, 0.3) is 10.0 Å². The predicted molar refractivity (Wildman–Crippen MR) is 118 cm³/mol. The molecule has 0 atom stereocenters. The van der Waals surface area contributed by atoms with Crippen LogP contribution in [0, 0.1) is 0 Å². The average molecular weight is 439 g/mol. The molecule has 3 aromatic carbocycles. The van der Waals surface area contributed by atoms with E-state index in [0.29, 0.717) is 16.9 Å². The molecule has 0 spiro atoms. The highest BCUT2D eigenvalue weighted by Crippen LogP contribution is 2.23. The van der Waals surface area contributed by atoms with Crippen LogP contribution >= 0.6 is 0 Å². The number of amides is 1. The molecule has 0 bridgehead atoms. The van der Waals surface area contributed by atoms with E-state index in [9.17, 15) is 18.0 Å². The number of benzene rings is 3. The van der Waals surface area contributed by atoms with Gasteiger partial charge in [-0.3, -0.25) is 9.10 Å². The summed E-state index contributed by atoms with van der Waals surface area (Å²) in [5.41, 5.74) is 1.17. The monoisotopic (exact) mass is 438 g/mol. The fraction of sp³-hybridized carbons (Fsp3) is 0.130. The summed E-state index contributed by atoms with van der Waals surface area (Å²) >= 11 is 0. The Labute approximate surface area is 181 Å². The summed E-state index contributed by atoms with van der Waals surface area (Å²) in [4.78, 5) is 24.5. The Morgan fingerprint density at radius 2 is 1.45 bits per heavy atom. The molecule has 0 aliphatic carbocycles. The van der Waals surface area contributed by atoms with Gasteiger partial charge in [-0.25, -0.2) is 13.2 Å². The van der Waals surface area contributed by atoms with Crippen LogP contribution in [0.4, 0.5) is 11.4 Å². The second-order valence-corrected chi connectivity index (χ2v) is 8.37. The summed E-state index contributed by atoms with van der Waals surface area (Å²) in [6.45, 7) is 1.57. The van der Waals surface area contributed by atoms with Gasteiger partial charge in [0.15, 0.2) is 0 Å². The molecular formula is C23H22N2O5S. The van der Waals surface area contributed by atoms with Crippen LogP contribution in [0.25, 0.3) is 0 Å². The normalized spacial score (nSPS) is 10.9. The zero-order valence-corrected chi connectivity index (χ0v) is 17.7. The number of ether oxygens (including phenoxy) is 1. The third-order valence-corrected chi connectivity index (χ3v) is 6.13. The summed E-state index contributed by atoms with van der Waals surface area (Å²) < 4.78 is 32.4. The van der Waals surface area contributed by atoms with Crippen molar-refractivity contribution in [3.63, 3.8) is 0 Å². The van der Waals surface area contributed by atoms with Crippen LogP contribution in [0.5, 0.6) is 0 Å². The molecule has 7 nitrogen and oxygen atoms in total. The van der Waals surface area contributed by atoms with Gasteiger partial charge in [-0.15, -0.1) is 0 Å². The molecule has 160 valence electrons. The Morgan fingerprint density at radius 3 is 2.03 bits per heavy atom. The second-order valence-electron chi connectivity index (χ2n) is 6.51. The van der Waals surface area contributed by atoms with Crippen LogP contribution in [-0.2, 0) is 19.6 Å². The first kappa shape index (κ1) is 22.0. The Kier molecular flexibility index (Phi) is 7.04. The van der Waals surface area contributed by atoms with Crippen molar-refractivity contribution in [3.05, 3.63) is 90.5 Å². The van der Waals surface area contributed by atoms with Crippen molar-refractivity contribution in [2.75, 3.05) is 22.8 Å². The van der Waals surface area contributed by atoms with Crippen LogP contribution < -0.4 is 9.62 Å². The number of rotatable bonds is 8. The molecule has 0 aromatic heterocycles. The molecule has 0 heterocycles. The topological polar surface area (TPSA) is 92.8 Å². The third-order valence-electron chi connectivity index (χ3n) is 4.34. The SMILES string of the molecule is CCOC(=O)c1ccc(NC(=O)CN(c2ccccc2)S(=O)(=O)c2ccccc2)cc1. The molecule has 3 aromatic rings. The highest BCUT2D eigenvalue weighted by Gasteiger charge is 2.27. The quantitative estimate of drug-likeness (QED) is 0.542. The van der Waals surface area contributed by atoms with Crippen molar-refractivity contribution >= 4 is 33.3 Å². The summed E-state index contributed by atoms with van der Waals surface area (Å²) in [6.07, 6.45) is 0. The van der Waals surface area contributed by atoms with E-state index in [1.54, 1.807) is 67.6 Å². The molecule has 0 unspecified atom stereocenters. The maximum absolute atomic E-state index is 13.2. The average Bonchev–Trinajstić information content (AvgIpc) is 2.79. The van der Waals surface area contributed by atoms with Crippen LogP contribution in [0.1, 0.15) is 17.3 Å². The lowest BCUT2D eigenvalue weighted by Crippen LogP contribution is -2.38. The summed E-state index contributed by atoms with van der Waals surface area (Å²) in [5.74, 6) is -0.975. The zero-order valence-electron chi connectivity index (χ0n) is 16.9. The standard InChI is InChI=1S/C23H22N2O5S/c1-2-30-23(27)18-13-15-19(16-14-18)24-22(26)17-25(20-9-5-3-6-10-20)31(28,29)21-11-7-4-8-12-21/h3-16H,2,17H2,1H3,(H,24,26). The largest absolute Gasteiger partial charge is 0.462 e. The van der Waals surface area contributed by atoms with E-state index in [0.717, 1.165) is 4.31 Å². The lowest BCUT2D eigenvalue weighted by Gasteiger charge is -2.24. The van der Waals surface area contributed by atoms with Gasteiger partial charge in [0.2, 0.25) is 5.91 Å². The number of para-hydroxylation sites is 1. The number of hydrogen-bond acceptors (Lipinski definition) is 5. The highest BCUT2D eigenvalue weighted by molar-refractivity contribution is 7.92. The number of carbonyl (C=O) groups excluding carboxylic acids is 2. The fourth-order valence-electron chi connectivity index (χ4n) is 2.86.